The highest BCUT2D eigenvalue weighted by Crippen LogP contribution is 2.31. The fourth-order valence-electron chi connectivity index (χ4n) is 5.83. The molecule has 1 heterocycles. The number of aryl methyl sites for hydroxylation is 1. The van der Waals surface area contributed by atoms with Gasteiger partial charge in [0.15, 0.2) is 0 Å². The minimum atomic E-state index is -3.79. The molecule has 4 aromatic carbocycles. The molecular formula is C36H40N4O7S. The van der Waals surface area contributed by atoms with Gasteiger partial charge in [-0.05, 0) is 59.9 Å². The first-order chi connectivity index (χ1) is 23.2. The van der Waals surface area contributed by atoms with Gasteiger partial charge in [-0.1, -0.05) is 78.9 Å². The molecule has 12 heteroatoms. The molecule has 0 bridgehead atoms. The van der Waals surface area contributed by atoms with Crippen molar-refractivity contribution in [3.8, 4) is 5.75 Å². The predicted molar refractivity (Wildman–Crippen MR) is 182 cm³/mol. The second-order valence-electron chi connectivity index (χ2n) is 11.5. The zero-order valence-corrected chi connectivity index (χ0v) is 27.4. The fraction of sp³-hybridized carbons (Fsp3) is 0.278. The fourth-order valence-corrected chi connectivity index (χ4v) is 6.35. The number of carbonyl (C=O) groups excluding carboxylic acids is 2. The van der Waals surface area contributed by atoms with Gasteiger partial charge in [0, 0.05) is 19.0 Å². The van der Waals surface area contributed by atoms with Gasteiger partial charge in [0.2, 0.25) is 10.0 Å². The van der Waals surface area contributed by atoms with Crippen molar-refractivity contribution in [1.82, 2.24) is 5.32 Å². The lowest BCUT2D eigenvalue weighted by Crippen LogP contribution is -2.50. The summed E-state index contributed by atoms with van der Waals surface area (Å²) in [7, 11) is -2.55. The van der Waals surface area contributed by atoms with Crippen LogP contribution in [0.1, 0.15) is 29.0 Å². The number of amides is 2. The number of methoxy groups -OCH3 is 1. The van der Waals surface area contributed by atoms with Gasteiger partial charge < -0.3 is 25.3 Å². The number of hydrogen-bond donors (Lipinski definition) is 3. The van der Waals surface area contributed by atoms with Gasteiger partial charge in [0.25, 0.3) is 5.91 Å². The maximum atomic E-state index is 14.2. The molecule has 4 aromatic rings. The Labute approximate surface area is 280 Å². The quantitative estimate of drug-likeness (QED) is 0.202. The number of benzene rings is 4. The molecule has 1 saturated heterocycles. The third-order valence-corrected chi connectivity index (χ3v) is 9.15. The number of nitrogens with one attached hydrogen (secondary N) is 1. The Bertz CT molecular complexity index is 1730. The summed E-state index contributed by atoms with van der Waals surface area (Å²) >= 11 is 0. The van der Waals surface area contributed by atoms with Gasteiger partial charge in [-0.15, -0.1) is 0 Å². The maximum absolute atomic E-state index is 14.2. The van der Waals surface area contributed by atoms with Gasteiger partial charge >= 0.3 is 6.09 Å². The number of nitrogens with zero attached hydrogens (tertiary/aromatic N) is 1. The number of hydrogen-bond acceptors (Lipinski definition) is 9. The predicted octanol–water partition coefficient (Wildman–Crippen LogP) is 3.96. The Balaban J connectivity index is 1.29. The number of morpholine rings is 1. The van der Waals surface area contributed by atoms with Crippen molar-refractivity contribution in [2.24, 2.45) is 10.9 Å². The molecule has 5 N–H and O–H groups in total. The van der Waals surface area contributed by atoms with Crippen LogP contribution >= 0.6 is 0 Å². The summed E-state index contributed by atoms with van der Waals surface area (Å²) in [5, 5.41) is 8.54. The normalized spacial score (nSPS) is 17.0. The van der Waals surface area contributed by atoms with Crippen LogP contribution < -0.4 is 25.8 Å². The number of imide groups is 1. The van der Waals surface area contributed by atoms with Crippen molar-refractivity contribution < 1.29 is 32.2 Å². The molecule has 11 nitrogen and oxygen atoms in total. The smallest absolute Gasteiger partial charge is 0.420 e. The summed E-state index contributed by atoms with van der Waals surface area (Å²) in [6.07, 6.45) is -0.156. The second kappa shape index (κ2) is 16.0. The molecule has 48 heavy (non-hydrogen) atoms. The van der Waals surface area contributed by atoms with E-state index < -0.39 is 34.0 Å². The Hall–Kier alpha value is -4.59. The van der Waals surface area contributed by atoms with Crippen LogP contribution in [0.15, 0.2) is 114 Å². The molecule has 0 unspecified atom stereocenters. The molecule has 0 spiro atoms. The van der Waals surface area contributed by atoms with Gasteiger partial charge in [-0.3, -0.25) is 4.79 Å². The third-order valence-electron chi connectivity index (χ3n) is 8.22. The summed E-state index contributed by atoms with van der Waals surface area (Å²) < 4.78 is 40.3. The second-order valence-corrected chi connectivity index (χ2v) is 13.1. The topological polar surface area (TPSA) is 163 Å². The summed E-state index contributed by atoms with van der Waals surface area (Å²) in [5.41, 5.74) is 9.60. The van der Waals surface area contributed by atoms with E-state index in [0.29, 0.717) is 37.4 Å². The van der Waals surface area contributed by atoms with E-state index >= 15 is 0 Å². The van der Waals surface area contributed by atoms with Crippen molar-refractivity contribution in [2.75, 3.05) is 31.7 Å². The van der Waals surface area contributed by atoms with Crippen LogP contribution in [-0.2, 0) is 30.7 Å². The van der Waals surface area contributed by atoms with E-state index in [-0.39, 0.29) is 23.7 Å². The molecule has 3 atom stereocenters. The molecule has 0 aliphatic carbocycles. The summed E-state index contributed by atoms with van der Waals surface area (Å²) in [6, 6.07) is 31.0. The van der Waals surface area contributed by atoms with E-state index in [1.807, 2.05) is 72.8 Å². The van der Waals surface area contributed by atoms with Crippen LogP contribution in [0, 0.1) is 0 Å². The van der Waals surface area contributed by atoms with E-state index in [1.54, 1.807) is 24.3 Å². The number of sulfonamides is 1. The van der Waals surface area contributed by atoms with Crippen LogP contribution in [-0.4, -0.2) is 65.5 Å². The highest BCUT2D eigenvalue weighted by molar-refractivity contribution is 7.89. The maximum Gasteiger partial charge on any atom is 0.420 e. The lowest BCUT2D eigenvalue weighted by molar-refractivity contribution is -0.119. The molecule has 252 valence electrons. The highest BCUT2D eigenvalue weighted by atomic mass is 32.2. The molecule has 1 aliphatic rings. The van der Waals surface area contributed by atoms with E-state index in [2.05, 4.69) is 5.32 Å². The molecule has 2 amide bonds. The van der Waals surface area contributed by atoms with Gasteiger partial charge in [0.05, 0.1) is 29.8 Å². The van der Waals surface area contributed by atoms with E-state index in [0.717, 1.165) is 21.6 Å². The lowest BCUT2D eigenvalue weighted by atomic mass is 9.84. The molecule has 1 fully saturated rings. The zero-order valence-electron chi connectivity index (χ0n) is 26.6. The van der Waals surface area contributed by atoms with Crippen LogP contribution in [0.25, 0.3) is 0 Å². The van der Waals surface area contributed by atoms with Crippen molar-refractivity contribution >= 4 is 27.7 Å². The lowest BCUT2D eigenvalue weighted by Gasteiger charge is -2.32. The minimum Gasteiger partial charge on any atom is -0.491 e. The Morgan fingerprint density at radius 3 is 2.06 bits per heavy atom. The first kappa shape index (κ1) is 34.7. The molecule has 0 saturated carbocycles. The molecular weight excluding hydrogens is 632 g/mol. The number of carbonyl (C=O) groups is 2. The Morgan fingerprint density at radius 1 is 0.875 bits per heavy atom. The van der Waals surface area contributed by atoms with Crippen molar-refractivity contribution in [1.29, 1.82) is 0 Å². The van der Waals surface area contributed by atoms with Crippen molar-refractivity contribution in [3.05, 3.63) is 126 Å². The number of nitrogens with two attached hydrogens (primary N) is 2. The number of primary sulfonamides is 1. The monoisotopic (exact) mass is 672 g/mol. The SMILES string of the molecule is COC(=O)N(C(=O)[C@@H](N)C(c1ccccc1)c1ccccc1)c1ccccc1CC[C@@H]1CNC[C@@H](COc2ccc(S(N)(=O)=O)cc2)O1. The Morgan fingerprint density at radius 2 is 1.46 bits per heavy atom. The number of rotatable bonds is 12. The molecule has 0 aromatic heterocycles. The first-order valence-corrected chi connectivity index (χ1v) is 17.2. The van der Waals surface area contributed by atoms with Crippen LogP contribution in [0.4, 0.5) is 10.5 Å². The average Bonchev–Trinajstić information content (AvgIpc) is 3.11. The molecule has 0 radical (unpaired) electrons. The number of para-hydroxylation sites is 1. The number of anilines is 1. The number of ether oxygens (including phenoxy) is 3. The zero-order chi connectivity index (χ0) is 34.1. The summed E-state index contributed by atoms with van der Waals surface area (Å²) in [5.74, 6) is -0.599. The van der Waals surface area contributed by atoms with E-state index in [1.165, 1.54) is 19.2 Å². The minimum absolute atomic E-state index is 0.00688. The average molecular weight is 673 g/mol. The third kappa shape index (κ3) is 8.65. The largest absolute Gasteiger partial charge is 0.491 e. The standard InChI is InChI=1S/C36H40N4O7S/c1-45-36(42)40(35(41)34(37)33(26-11-4-2-5-12-26)27-13-6-3-7-14-27)32-15-9-8-10-25(32)16-17-29-22-39-23-30(47-29)24-46-28-18-20-31(21-19-28)48(38,43)44/h2-15,18-21,29-30,33-34,39H,16-17,22-24,37H2,1H3,(H2,38,43,44)/t29-,30+,34+/m1/s1. The Kier molecular flexibility index (Phi) is 11.6. The van der Waals surface area contributed by atoms with E-state index in [4.69, 9.17) is 25.1 Å². The van der Waals surface area contributed by atoms with E-state index in [9.17, 15) is 18.0 Å². The van der Waals surface area contributed by atoms with Gasteiger partial charge in [-0.25, -0.2) is 23.3 Å². The van der Waals surface area contributed by atoms with Crippen molar-refractivity contribution in [3.63, 3.8) is 0 Å². The van der Waals surface area contributed by atoms with Crippen LogP contribution in [0.3, 0.4) is 0 Å². The van der Waals surface area contributed by atoms with Gasteiger partial charge in [-0.2, -0.15) is 0 Å². The first-order valence-electron chi connectivity index (χ1n) is 15.6. The van der Waals surface area contributed by atoms with Gasteiger partial charge in [0.1, 0.15) is 18.5 Å². The summed E-state index contributed by atoms with van der Waals surface area (Å²) in [4.78, 5) is 28.5. The highest BCUT2D eigenvalue weighted by Gasteiger charge is 2.36. The molecule has 1 aliphatic heterocycles. The van der Waals surface area contributed by atoms with Crippen LogP contribution in [0.2, 0.25) is 0 Å². The van der Waals surface area contributed by atoms with Crippen molar-refractivity contribution in [2.45, 2.75) is 41.9 Å². The summed E-state index contributed by atoms with van der Waals surface area (Å²) in [6.45, 7) is 1.44. The molecule has 5 rings (SSSR count). The van der Waals surface area contributed by atoms with Crippen LogP contribution in [0.5, 0.6) is 5.75 Å².